The maximum Gasteiger partial charge on any atom is 0.120 e. The predicted octanol–water partition coefficient (Wildman–Crippen LogP) is 8.43. The molecule has 0 amide bonds. The van der Waals surface area contributed by atoms with Crippen molar-refractivity contribution in [3.8, 4) is 22.5 Å². The summed E-state index contributed by atoms with van der Waals surface area (Å²) in [5.41, 5.74) is 8.13. The minimum absolute atomic E-state index is 0. The molecule has 0 spiro atoms. The van der Waals surface area contributed by atoms with Crippen LogP contribution in [0.3, 0.4) is 0 Å². The Morgan fingerprint density at radius 3 is 2.33 bits per heavy atom. The summed E-state index contributed by atoms with van der Waals surface area (Å²) in [6.07, 6.45) is 3.62. The molecule has 0 fully saturated rings. The number of rotatable bonds is 3. The van der Waals surface area contributed by atoms with Gasteiger partial charge in [0.2, 0.25) is 0 Å². The smallest absolute Gasteiger partial charge is 0.120 e. The zero-order valence-electron chi connectivity index (χ0n) is 20.5. The second-order valence-corrected chi connectivity index (χ2v) is 8.78. The van der Waals surface area contributed by atoms with Gasteiger partial charge in [-0.05, 0) is 35.5 Å². The monoisotopic (exact) mass is 647 g/mol. The Balaban J connectivity index is 0.000000187. The van der Waals surface area contributed by atoms with Crippen molar-refractivity contribution in [2.45, 2.75) is 26.7 Å². The van der Waals surface area contributed by atoms with Crippen LogP contribution < -0.4 is 0 Å². The molecule has 0 atom stereocenters. The van der Waals surface area contributed by atoms with Crippen LogP contribution in [-0.2, 0) is 20.1 Å². The van der Waals surface area contributed by atoms with E-state index < -0.39 is 0 Å². The van der Waals surface area contributed by atoms with Gasteiger partial charge in [-0.25, -0.2) is 0 Å². The molecule has 6 rings (SSSR count). The maximum absolute atomic E-state index is 6.10. The van der Waals surface area contributed by atoms with Gasteiger partial charge in [0, 0.05) is 37.9 Å². The number of furan rings is 1. The van der Waals surface area contributed by atoms with Crippen LogP contribution in [0, 0.1) is 19.1 Å². The summed E-state index contributed by atoms with van der Waals surface area (Å²) in [7, 11) is 0. The van der Waals surface area contributed by atoms with Gasteiger partial charge in [-0.1, -0.05) is 73.7 Å². The molecule has 4 heteroatoms. The van der Waals surface area contributed by atoms with Gasteiger partial charge >= 0.3 is 0 Å². The maximum atomic E-state index is 6.10. The first-order chi connectivity index (χ1) is 17.1. The number of aryl methyl sites for hydroxylation is 1. The minimum atomic E-state index is 0. The van der Waals surface area contributed by atoms with Crippen LogP contribution >= 0.6 is 0 Å². The fourth-order valence-electron chi connectivity index (χ4n) is 4.14. The van der Waals surface area contributed by atoms with E-state index in [4.69, 9.17) is 4.42 Å². The van der Waals surface area contributed by atoms with Crippen molar-refractivity contribution in [2.24, 2.45) is 0 Å². The van der Waals surface area contributed by atoms with E-state index in [1.54, 1.807) is 6.20 Å². The van der Waals surface area contributed by atoms with Crippen LogP contribution in [0.2, 0.25) is 0 Å². The summed E-state index contributed by atoms with van der Waals surface area (Å²) in [6, 6.07) is 34.7. The third-order valence-corrected chi connectivity index (χ3v) is 5.95. The fraction of sp³-hybridized carbons (Fsp3) is 0.125. The average molecular weight is 647 g/mol. The van der Waals surface area contributed by atoms with Crippen molar-refractivity contribution >= 4 is 21.9 Å². The normalized spacial score (nSPS) is 10.7. The molecule has 36 heavy (non-hydrogen) atoms. The van der Waals surface area contributed by atoms with E-state index in [1.165, 1.54) is 11.1 Å². The minimum Gasteiger partial charge on any atom is -0.501 e. The molecule has 181 valence electrons. The molecule has 3 nitrogen and oxygen atoms in total. The Labute approximate surface area is 225 Å². The van der Waals surface area contributed by atoms with Gasteiger partial charge in [-0.15, -0.1) is 53.6 Å². The summed E-state index contributed by atoms with van der Waals surface area (Å²) in [4.78, 5) is 8.85. The molecule has 3 aromatic carbocycles. The number of benzene rings is 3. The molecule has 0 saturated heterocycles. The standard InChI is InChI=1S/C20H16NO.C12H10N.Ir/c1-13(2)14-10-6-12-21-19(14)17-9-5-8-16-15-7-3-4-11-18(15)22-20(16)17;1-10-5-7-11(8-6-10)12-4-2-3-9-13-12;/h3-8,10-13H,1-2H3;2-7,9H,1H3;/q2*-1;. The average Bonchev–Trinajstić information content (AvgIpc) is 3.29. The first-order valence-electron chi connectivity index (χ1n) is 11.8. The summed E-state index contributed by atoms with van der Waals surface area (Å²) in [5.74, 6) is 0.400. The van der Waals surface area contributed by atoms with Crippen molar-refractivity contribution in [3.63, 3.8) is 0 Å². The van der Waals surface area contributed by atoms with Gasteiger partial charge in [0.1, 0.15) is 5.58 Å². The fourth-order valence-corrected chi connectivity index (χ4v) is 4.14. The first-order valence-corrected chi connectivity index (χ1v) is 11.8. The van der Waals surface area contributed by atoms with Gasteiger partial charge in [-0.3, -0.25) is 0 Å². The predicted molar refractivity (Wildman–Crippen MR) is 143 cm³/mol. The second-order valence-electron chi connectivity index (χ2n) is 8.78. The van der Waals surface area contributed by atoms with Gasteiger partial charge in [0.25, 0.3) is 0 Å². The van der Waals surface area contributed by atoms with Crippen LogP contribution in [0.15, 0.2) is 102 Å². The summed E-state index contributed by atoms with van der Waals surface area (Å²) in [5, 5.41) is 2.25. The van der Waals surface area contributed by atoms with Crippen molar-refractivity contribution in [3.05, 3.63) is 121 Å². The molecule has 0 bridgehead atoms. The Hall–Kier alpha value is -3.59. The van der Waals surface area contributed by atoms with Gasteiger partial charge in [0.15, 0.2) is 0 Å². The van der Waals surface area contributed by atoms with Crippen molar-refractivity contribution in [1.82, 2.24) is 9.97 Å². The third kappa shape index (κ3) is 5.31. The molecule has 0 saturated carbocycles. The number of pyridine rings is 2. The van der Waals surface area contributed by atoms with Gasteiger partial charge in [-0.2, -0.15) is 0 Å². The topological polar surface area (TPSA) is 38.9 Å². The van der Waals surface area contributed by atoms with Gasteiger partial charge in [0.05, 0.1) is 5.58 Å². The number of nitrogens with zero attached hydrogens (tertiary/aromatic N) is 2. The number of fused-ring (bicyclic) bond motifs is 3. The molecule has 3 aromatic heterocycles. The molecule has 0 aliphatic carbocycles. The number of aromatic nitrogens is 2. The third-order valence-electron chi connectivity index (χ3n) is 5.95. The summed E-state index contributed by atoms with van der Waals surface area (Å²) in [6.45, 7) is 6.41. The molecule has 0 N–H and O–H groups in total. The van der Waals surface area contributed by atoms with E-state index in [1.807, 2.05) is 66.9 Å². The van der Waals surface area contributed by atoms with Crippen LogP contribution in [0.25, 0.3) is 44.5 Å². The first kappa shape index (κ1) is 25.5. The van der Waals surface area contributed by atoms with E-state index >= 15 is 0 Å². The van der Waals surface area contributed by atoms with Crippen LogP contribution in [0.1, 0.15) is 30.9 Å². The van der Waals surface area contributed by atoms with E-state index in [9.17, 15) is 0 Å². The molecule has 3 heterocycles. The van der Waals surface area contributed by atoms with Crippen LogP contribution in [0.5, 0.6) is 0 Å². The SMILES string of the molecule is CC(C)c1cccnc1-c1[c-]ccc2c1oc1ccccc12.Cc1c[c-]c(-c2ccccn2)cc1.[Ir]. The summed E-state index contributed by atoms with van der Waals surface area (Å²) >= 11 is 0. The van der Waals surface area contributed by atoms with E-state index in [-0.39, 0.29) is 20.1 Å². The quantitative estimate of drug-likeness (QED) is 0.181. The van der Waals surface area contributed by atoms with Crippen molar-refractivity contribution in [2.75, 3.05) is 0 Å². The molecular formula is C32H26IrN2O-2. The second kappa shape index (κ2) is 11.4. The van der Waals surface area contributed by atoms with Crippen LogP contribution in [-0.4, -0.2) is 9.97 Å². The van der Waals surface area contributed by atoms with E-state index in [2.05, 4.69) is 67.1 Å². The van der Waals surface area contributed by atoms with Crippen LogP contribution in [0.4, 0.5) is 0 Å². The zero-order valence-corrected chi connectivity index (χ0v) is 22.8. The Morgan fingerprint density at radius 2 is 1.58 bits per heavy atom. The molecule has 0 aliphatic rings. The Bertz CT molecular complexity index is 1570. The Morgan fingerprint density at radius 1 is 0.778 bits per heavy atom. The number of hydrogen-bond acceptors (Lipinski definition) is 3. The zero-order chi connectivity index (χ0) is 24.2. The molecule has 1 radical (unpaired) electrons. The van der Waals surface area contributed by atoms with E-state index in [0.717, 1.165) is 44.5 Å². The molecule has 0 unspecified atom stereocenters. The Kier molecular flexibility index (Phi) is 8.10. The largest absolute Gasteiger partial charge is 0.501 e. The van der Waals surface area contributed by atoms with E-state index in [0.29, 0.717) is 5.92 Å². The van der Waals surface area contributed by atoms with Crippen molar-refractivity contribution in [1.29, 1.82) is 0 Å². The molecule has 0 aliphatic heterocycles. The van der Waals surface area contributed by atoms with Crippen molar-refractivity contribution < 1.29 is 24.5 Å². The number of hydrogen-bond donors (Lipinski definition) is 0. The van der Waals surface area contributed by atoms with Gasteiger partial charge < -0.3 is 14.4 Å². The molecular weight excluding hydrogens is 621 g/mol. The summed E-state index contributed by atoms with van der Waals surface area (Å²) < 4.78 is 6.10. The molecule has 6 aromatic rings. The number of para-hydroxylation sites is 1.